The number of carboxylic acids is 1. The van der Waals surface area contributed by atoms with Crippen LogP contribution in [0.1, 0.15) is 31.9 Å². The Kier molecular flexibility index (Phi) is 4.61. The molecule has 0 fully saturated rings. The lowest BCUT2D eigenvalue weighted by molar-refractivity contribution is -0.146. The number of hydrogen-bond acceptors (Lipinski definition) is 3. The van der Waals surface area contributed by atoms with Gasteiger partial charge >= 0.3 is 5.97 Å². The van der Waals surface area contributed by atoms with Crippen molar-refractivity contribution in [2.45, 2.75) is 45.1 Å². The maximum absolute atomic E-state index is 12.7. The van der Waals surface area contributed by atoms with Crippen molar-refractivity contribution in [1.82, 2.24) is 4.31 Å². The van der Waals surface area contributed by atoms with Gasteiger partial charge in [-0.05, 0) is 51.0 Å². The largest absolute Gasteiger partial charge is 0.480 e. The lowest BCUT2D eigenvalue weighted by Gasteiger charge is -2.33. The van der Waals surface area contributed by atoms with Gasteiger partial charge in [0.2, 0.25) is 10.0 Å². The number of carboxylic acid groups (broad SMARTS) is 1. The van der Waals surface area contributed by atoms with Crippen LogP contribution in [0.2, 0.25) is 0 Å². The lowest BCUT2D eigenvalue weighted by atomic mass is 10.1. The zero-order valence-electron chi connectivity index (χ0n) is 12.5. The van der Waals surface area contributed by atoms with Gasteiger partial charge in [0.05, 0.1) is 4.90 Å². The zero-order chi connectivity index (χ0) is 15.7. The average molecular weight is 299 g/mol. The molecule has 0 aliphatic rings. The van der Waals surface area contributed by atoms with Crippen LogP contribution in [0.5, 0.6) is 0 Å². The molecule has 0 heterocycles. The summed E-state index contributed by atoms with van der Waals surface area (Å²) in [6.07, 6.45) is 0. The third-order valence-electron chi connectivity index (χ3n) is 3.22. The molecule has 20 heavy (non-hydrogen) atoms. The molecule has 0 spiro atoms. The Morgan fingerprint density at radius 2 is 1.65 bits per heavy atom. The molecule has 0 bridgehead atoms. The van der Waals surface area contributed by atoms with Gasteiger partial charge in [0, 0.05) is 6.54 Å². The first-order valence-corrected chi connectivity index (χ1v) is 7.82. The number of carbonyl (C=O) groups is 1. The molecule has 0 unspecified atom stereocenters. The fourth-order valence-electron chi connectivity index (χ4n) is 2.18. The summed E-state index contributed by atoms with van der Waals surface area (Å²) >= 11 is 0. The SMILES string of the molecule is CCN(C(C)(C)C(=O)O)S(=O)(=O)c1cc(C)cc(C)c1. The number of hydrogen-bond donors (Lipinski definition) is 1. The minimum absolute atomic E-state index is 0.0919. The summed E-state index contributed by atoms with van der Waals surface area (Å²) in [6, 6.07) is 4.99. The first-order chi connectivity index (χ1) is 9.03. The van der Waals surface area contributed by atoms with Crippen molar-refractivity contribution in [3.8, 4) is 0 Å². The Bertz CT molecular complexity index is 600. The normalized spacial score (nSPS) is 12.7. The molecule has 1 aromatic carbocycles. The Hall–Kier alpha value is -1.40. The molecule has 0 aliphatic heterocycles. The van der Waals surface area contributed by atoms with Crippen LogP contribution in [0.3, 0.4) is 0 Å². The summed E-state index contributed by atoms with van der Waals surface area (Å²) in [4.78, 5) is 11.5. The first-order valence-electron chi connectivity index (χ1n) is 6.38. The summed E-state index contributed by atoms with van der Waals surface area (Å²) < 4.78 is 26.4. The molecule has 5 nitrogen and oxygen atoms in total. The topological polar surface area (TPSA) is 74.7 Å². The number of likely N-dealkylation sites (N-methyl/N-ethyl adjacent to an activating group) is 1. The molecule has 0 aromatic heterocycles. The van der Waals surface area contributed by atoms with E-state index in [2.05, 4.69) is 0 Å². The van der Waals surface area contributed by atoms with E-state index in [1.807, 2.05) is 19.9 Å². The molecule has 0 aliphatic carbocycles. The summed E-state index contributed by atoms with van der Waals surface area (Å²) in [5.74, 6) is -1.17. The zero-order valence-corrected chi connectivity index (χ0v) is 13.3. The second kappa shape index (κ2) is 5.54. The maximum atomic E-state index is 12.7. The summed E-state index contributed by atoms with van der Waals surface area (Å²) in [7, 11) is -3.85. The molecular formula is C14H21NO4S. The van der Waals surface area contributed by atoms with Crippen molar-refractivity contribution in [3.05, 3.63) is 29.3 Å². The van der Waals surface area contributed by atoms with E-state index in [1.165, 1.54) is 13.8 Å². The van der Waals surface area contributed by atoms with E-state index in [0.29, 0.717) is 0 Å². The molecule has 0 saturated carbocycles. The minimum Gasteiger partial charge on any atom is -0.480 e. The van der Waals surface area contributed by atoms with Crippen molar-refractivity contribution in [2.24, 2.45) is 0 Å². The molecule has 0 atom stereocenters. The van der Waals surface area contributed by atoms with Gasteiger partial charge < -0.3 is 5.11 Å². The highest BCUT2D eigenvalue weighted by molar-refractivity contribution is 7.89. The highest BCUT2D eigenvalue weighted by Gasteiger charge is 2.41. The Morgan fingerprint density at radius 3 is 2.00 bits per heavy atom. The van der Waals surface area contributed by atoms with E-state index in [9.17, 15) is 18.3 Å². The molecule has 1 rings (SSSR count). The van der Waals surface area contributed by atoms with E-state index >= 15 is 0 Å². The monoisotopic (exact) mass is 299 g/mol. The van der Waals surface area contributed by atoms with Crippen molar-refractivity contribution in [3.63, 3.8) is 0 Å². The first kappa shape index (κ1) is 16.7. The third-order valence-corrected chi connectivity index (χ3v) is 5.34. The van der Waals surface area contributed by atoms with Gasteiger partial charge in [-0.1, -0.05) is 13.0 Å². The van der Waals surface area contributed by atoms with Crippen LogP contribution in [0.15, 0.2) is 23.1 Å². The van der Waals surface area contributed by atoms with Gasteiger partial charge in [-0.3, -0.25) is 4.79 Å². The number of benzene rings is 1. The molecule has 0 saturated heterocycles. The van der Waals surface area contributed by atoms with Crippen LogP contribution in [0, 0.1) is 13.8 Å². The molecular weight excluding hydrogens is 278 g/mol. The van der Waals surface area contributed by atoms with Gasteiger partial charge in [0.1, 0.15) is 5.54 Å². The summed E-state index contributed by atoms with van der Waals surface area (Å²) in [5, 5.41) is 9.26. The molecule has 1 aromatic rings. The van der Waals surface area contributed by atoms with E-state index in [1.54, 1.807) is 19.1 Å². The van der Waals surface area contributed by atoms with Gasteiger partial charge in [0.25, 0.3) is 0 Å². The van der Waals surface area contributed by atoms with Crippen LogP contribution in [0.25, 0.3) is 0 Å². The van der Waals surface area contributed by atoms with Crippen LogP contribution in [0.4, 0.5) is 0 Å². The summed E-state index contributed by atoms with van der Waals surface area (Å²) in [6.45, 7) is 8.12. The number of sulfonamides is 1. The number of nitrogens with zero attached hydrogens (tertiary/aromatic N) is 1. The van der Waals surface area contributed by atoms with E-state index in [-0.39, 0.29) is 11.4 Å². The van der Waals surface area contributed by atoms with Gasteiger partial charge in [-0.15, -0.1) is 0 Å². The van der Waals surface area contributed by atoms with E-state index in [4.69, 9.17) is 0 Å². The third kappa shape index (κ3) is 3.02. The Morgan fingerprint density at radius 1 is 1.20 bits per heavy atom. The molecule has 0 radical (unpaired) electrons. The highest BCUT2D eigenvalue weighted by atomic mass is 32.2. The average Bonchev–Trinajstić information content (AvgIpc) is 2.27. The fraction of sp³-hybridized carbons (Fsp3) is 0.500. The predicted molar refractivity (Wildman–Crippen MR) is 77.2 cm³/mol. The van der Waals surface area contributed by atoms with Crippen LogP contribution in [-0.2, 0) is 14.8 Å². The van der Waals surface area contributed by atoms with Crippen molar-refractivity contribution in [1.29, 1.82) is 0 Å². The number of aryl methyl sites for hydroxylation is 2. The highest BCUT2D eigenvalue weighted by Crippen LogP contribution is 2.26. The number of rotatable bonds is 5. The smallest absolute Gasteiger partial charge is 0.324 e. The predicted octanol–water partition coefficient (Wildman–Crippen LogP) is 2.18. The molecule has 6 heteroatoms. The quantitative estimate of drug-likeness (QED) is 0.904. The fourth-order valence-corrected chi connectivity index (χ4v) is 4.12. The molecule has 0 amide bonds. The van der Waals surface area contributed by atoms with Gasteiger partial charge in [-0.25, -0.2) is 8.42 Å². The van der Waals surface area contributed by atoms with E-state index in [0.717, 1.165) is 15.4 Å². The summed E-state index contributed by atoms with van der Waals surface area (Å²) in [5.41, 5.74) is 0.158. The van der Waals surface area contributed by atoms with Crippen molar-refractivity contribution >= 4 is 16.0 Å². The minimum atomic E-state index is -3.85. The van der Waals surface area contributed by atoms with Gasteiger partial charge in [0.15, 0.2) is 0 Å². The molecule has 1 N–H and O–H groups in total. The lowest BCUT2D eigenvalue weighted by Crippen LogP contribution is -2.52. The van der Waals surface area contributed by atoms with Crippen LogP contribution >= 0.6 is 0 Å². The second-order valence-corrected chi connectivity index (χ2v) is 7.22. The van der Waals surface area contributed by atoms with Gasteiger partial charge in [-0.2, -0.15) is 4.31 Å². The van der Waals surface area contributed by atoms with Crippen LogP contribution in [-0.4, -0.2) is 35.9 Å². The second-order valence-electron chi connectivity index (χ2n) is 5.36. The van der Waals surface area contributed by atoms with Crippen molar-refractivity contribution < 1.29 is 18.3 Å². The number of aliphatic carboxylic acids is 1. The standard InChI is InChI=1S/C14H21NO4S/c1-6-15(14(4,5)13(16)17)20(18,19)12-8-10(2)7-11(3)9-12/h7-9H,6H2,1-5H3,(H,16,17). The Balaban J connectivity index is 3.43. The maximum Gasteiger partial charge on any atom is 0.324 e. The van der Waals surface area contributed by atoms with E-state index < -0.39 is 21.5 Å². The Labute approximate surface area is 120 Å². The van der Waals surface area contributed by atoms with Crippen molar-refractivity contribution in [2.75, 3.05) is 6.54 Å². The molecule has 112 valence electrons. The van der Waals surface area contributed by atoms with Crippen LogP contribution < -0.4 is 0 Å².